The molecule has 4 heteroatoms. The van der Waals surface area contributed by atoms with Crippen molar-refractivity contribution in [1.29, 1.82) is 0 Å². The largest absolute Gasteiger partial charge is 0.489 e. The van der Waals surface area contributed by atoms with Gasteiger partial charge in [0.1, 0.15) is 11.6 Å². The van der Waals surface area contributed by atoms with Gasteiger partial charge >= 0.3 is 0 Å². The maximum absolute atomic E-state index is 5.45. The van der Waals surface area contributed by atoms with Gasteiger partial charge in [0, 0.05) is 13.1 Å². The second-order valence-electron chi connectivity index (χ2n) is 2.49. The van der Waals surface area contributed by atoms with Crippen LogP contribution >= 0.6 is 27.3 Å². The van der Waals surface area contributed by atoms with E-state index in [0.717, 1.165) is 22.7 Å². The summed E-state index contributed by atoms with van der Waals surface area (Å²) in [4.78, 5) is 2.22. The minimum Gasteiger partial charge on any atom is -0.489 e. The van der Waals surface area contributed by atoms with Crippen LogP contribution in [-0.4, -0.2) is 20.2 Å². The van der Waals surface area contributed by atoms with Crippen LogP contribution in [0.15, 0.2) is 9.85 Å². The highest BCUT2D eigenvalue weighted by molar-refractivity contribution is 9.11. The van der Waals surface area contributed by atoms with E-state index in [1.807, 2.05) is 6.07 Å². The molecule has 0 saturated carbocycles. The van der Waals surface area contributed by atoms with Crippen LogP contribution in [0, 0.1) is 0 Å². The topological polar surface area (TPSA) is 12.5 Å². The lowest BCUT2D eigenvalue weighted by Gasteiger charge is -2.23. The van der Waals surface area contributed by atoms with Gasteiger partial charge in [-0.05, 0) is 15.9 Å². The first-order chi connectivity index (χ1) is 5.27. The summed E-state index contributed by atoms with van der Waals surface area (Å²) in [5.74, 6) is 1.01. The lowest BCUT2D eigenvalue weighted by Crippen LogP contribution is -2.27. The number of hydrogen-bond donors (Lipinski definition) is 0. The fourth-order valence-corrected chi connectivity index (χ4v) is 2.58. The average molecular weight is 234 g/mol. The molecular formula is C7H8BrNOS. The molecule has 0 unspecified atom stereocenters. The summed E-state index contributed by atoms with van der Waals surface area (Å²) in [6, 6.07) is 2.02. The maximum atomic E-state index is 5.45. The van der Waals surface area contributed by atoms with Crippen molar-refractivity contribution in [3.05, 3.63) is 9.85 Å². The SMILES string of the molecule is CN1CCOc2cc(Br)sc21. The Kier molecular flexibility index (Phi) is 1.81. The molecule has 2 nitrogen and oxygen atoms in total. The molecule has 60 valence electrons. The van der Waals surface area contributed by atoms with E-state index in [-0.39, 0.29) is 0 Å². The summed E-state index contributed by atoms with van der Waals surface area (Å²) in [5, 5.41) is 1.23. The Morgan fingerprint density at radius 3 is 3.27 bits per heavy atom. The van der Waals surface area contributed by atoms with Gasteiger partial charge in [-0.2, -0.15) is 0 Å². The molecule has 0 radical (unpaired) electrons. The maximum Gasteiger partial charge on any atom is 0.155 e. The molecule has 2 rings (SSSR count). The number of halogens is 1. The van der Waals surface area contributed by atoms with Gasteiger partial charge in [0.25, 0.3) is 0 Å². The molecule has 0 saturated heterocycles. The van der Waals surface area contributed by atoms with Crippen molar-refractivity contribution in [1.82, 2.24) is 0 Å². The Hall–Kier alpha value is -0.220. The third kappa shape index (κ3) is 1.25. The summed E-state index contributed by atoms with van der Waals surface area (Å²) in [5.41, 5.74) is 0. The van der Waals surface area contributed by atoms with Crippen LogP contribution in [-0.2, 0) is 0 Å². The lowest BCUT2D eigenvalue weighted by molar-refractivity contribution is 0.313. The first kappa shape index (κ1) is 7.43. The van der Waals surface area contributed by atoms with Crippen molar-refractivity contribution in [2.75, 3.05) is 25.1 Å². The van der Waals surface area contributed by atoms with Crippen LogP contribution < -0.4 is 9.64 Å². The molecule has 1 aromatic rings. The van der Waals surface area contributed by atoms with Crippen molar-refractivity contribution < 1.29 is 4.74 Å². The number of hydrogen-bond acceptors (Lipinski definition) is 3. The first-order valence-electron chi connectivity index (χ1n) is 3.40. The van der Waals surface area contributed by atoms with E-state index in [0.29, 0.717) is 0 Å². The van der Waals surface area contributed by atoms with Gasteiger partial charge in [-0.15, -0.1) is 11.3 Å². The van der Waals surface area contributed by atoms with E-state index >= 15 is 0 Å². The van der Waals surface area contributed by atoms with Gasteiger partial charge in [-0.25, -0.2) is 0 Å². The summed E-state index contributed by atoms with van der Waals surface area (Å²) in [6.07, 6.45) is 0. The van der Waals surface area contributed by atoms with E-state index in [2.05, 4.69) is 27.9 Å². The Balaban J connectivity index is 2.43. The molecule has 2 heterocycles. The standard InChI is InChI=1S/C7H8BrNOS/c1-9-2-3-10-5-4-6(8)11-7(5)9/h4H,2-3H2,1H3. The third-order valence-corrected chi connectivity index (χ3v) is 3.41. The van der Waals surface area contributed by atoms with Crippen LogP contribution in [0.1, 0.15) is 0 Å². The van der Waals surface area contributed by atoms with Crippen molar-refractivity contribution in [2.45, 2.75) is 0 Å². The monoisotopic (exact) mass is 233 g/mol. The zero-order chi connectivity index (χ0) is 7.84. The van der Waals surface area contributed by atoms with Crippen LogP contribution in [0.25, 0.3) is 0 Å². The summed E-state index contributed by atoms with van der Waals surface area (Å²) >= 11 is 5.15. The van der Waals surface area contributed by atoms with E-state index in [4.69, 9.17) is 4.74 Å². The molecule has 0 fully saturated rings. The second kappa shape index (κ2) is 2.68. The molecule has 0 spiro atoms. The molecule has 0 amide bonds. The van der Waals surface area contributed by atoms with E-state index in [9.17, 15) is 0 Å². The van der Waals surface area contributed by atoms with Gasteiger partial charge in [0.15, 0.2) is 5.75 Å². The van der Waals surface area contributed by atoms with Crippen molar-refractivity contribution in [3.63, 3.8) is 0 Å². The van der Waals surface area contributed by atoms with E-state index in [1.165, 1.54) is 5.00 Å². The number of fused-ring (bicyclic) bond motifs is 1. The zero-order valence-electron chi connectivity index (χ0n) is 6.13. The highest BCUT2D eigenvalue weighted by Gasteiger charge is 2.17. The predicted molar refractivity (Wildman–Crippen MR) is 50.8 cm³/mol. The summed E-state index contributed by atoms with van der Waals surface area (Å²) in [6.45, 7) is 1.78. The molecular weight excluding hydrogens is 226 g/mol. The van der Waals surface area contributed by atoms with Crippen molar-refractivity contribution in [3.8, 4) is 5.75 Å². The van der Waals surface area contributed by atoms with Crippen LogP contribution in [0.4, 0.5) is 5.00 Å². The highest BCUT2D eigenvalue weighted by atomic mass is 79.9. The van der Waals surface area contributed by atoms with Gasteiger partial charge in [0.05, 0.1) is 10.3 Å². The molecule has 0 aromatic carbocycles. The van der Waals surface area contributed by atoms with Crippen LogP contribution in [0.2, 0.25) is 0 Å². The molecule has 1 aliphatic heterocycles. The summed E-state index contributed by atoms with van der Waals surface area (Å²) in [7, 11) is 2.09. The number of ether oxygens (including phenoxy) is 1. The minimum atomic E-state index is 0.798. The molecule has 1 aliphatic rings. The predicted octanol–water partition coefficient (Wildman–Crippen LogP) is 2.34. The molecule has 0 N–H and O–H groups in total. The summed E-state index contributed by atoms with van der Waals surface area (Å²) < 4.78 is 6.59. The van der Waals surface area contributed by atoms with E-state index in [1.54, 1.807) is 11.3 Å². The Morgan fingerprint density at radius 1 is 1.73 bits per heavy atom. The highest BCUT2D eigenvalue weighted by Crippen LogP contribution is 2.41. The number of likely N-dealkylation sites (N-methyl/N-ethyl adjacent to an activating group) is 1. The number of anilines is 1. The number of rotatable bonds is 0. The quantitative estimate of drug-likeness (QED) is 0.683. The Morgan fingerprint density at radius 2 is 2.55 bits per heavy atom. The van der Waals surface area contributed by atoms with Crippen molar-refractivity contribution in [2.24, 2.45) is 0 Å². The third-order valence-electron chi connectivity index (χ3n) is 1.68. The molecule has 0 bridgehead atoms. The van der Waals surface area contributed by atoms with Gasteiger partial charge in [-0.3, -0.25) is 0 Å². The molecule has 0 atom stereocenters. The van der Waals surface area contributed by atoms with E-state index < -0.39 is 0 Å². The van der Waals surface area contributed by atoms with Gasteiger partial charge in [0.2, 0.25) is 0 Å². The van der Waals surface area contributed by atoms with Gasteiger partial charge in [-0.1, -0.05) is 0 Å². The number of thiophene rings is 1. The molecule has 0 aliphatic carbocycles. The fourth-order valence-electron chi connectivity index (χ4n) is 1.10. The van der Waals surface area contributed by atoms with Crippen molar-refractivity contribution >= 4 is 32.3 Å². The zero-order valence-corrected chi connectivity index (χ0v) is 8.54. The lowest BCUT2D eigenvalue weighted by atomic mass is 10.4. The fraction of sp³-hybridized carbons (Fsp3) is 0.429. The van der Waals surface area contributed by atoms with Crippen LogP contribution in [0.5, 0.6) is 5.75 Å². The Labute approximate surface area is 77.9 Å². The molecule has 11 heavy (non-hydrogen) atoms. The smallest absolute Gasteiger partial charge is 0.155 e. The van der Waals surface area contributed by atoms with Crippen LogP contribution in [0.3, 0.4) is 0 Å². The molecule has 1 aromatic heterocycles. The second-order valence-corrected chi connectivity index (χ2v) is 4.90. The average Bonchev–Trinajstić information content (AvgIpc) is 2.31. The first-order valence-corrected chi connectivity index (χ1v) is 5.01. The Bertz CT molecular complexity index is 273. The minimum absolute atomic E-state index is 0.798. The normalized spacial score (nSPS) is 16.0. The van der Waals surface area contributed by atoms with Gasteiger partial charge < -0.3 is 9.64 Å². The number of nitrogens with zero attached hydrogens (tertiary/aromatic N) is 1.